The molecular formula is C9H11NO. The number of methoxy groups -OCH3 is 1. The van der Waals surface area contributed by atoms with E-state index in [0.29, 0.717) is 12.3 Å². The van der Waals surface area contributed by atoms with Crippen LogP contribution in [-0.4, -0.2) is 13.7 Å². The smallest absolute Gasteiger partial charge is 0.169 e. The second-order valence-corrected chi connectivity index (χ2v) is 2.22. The third-order valence-corrected chi connectivity index (χ3v) is 1.42. The Balaban J connectivity index is 2.79. The summed E-state index contributed by atoms with van der Waals surface area (Å²) < 4.78 is 4.93. The molecule has 0 aromatic rings. The normalized spacial score (nSPS) is 14.4. The van der Waals surface area contributed by atoms with Gasteiger partial charge in [-0.25, -0.2) is 0 Å². The molecule has 0 atom stereocenters. The molecule has 2 heteroatoms. The Morgan fingerprint density at radius 1 is 1.45 bits per heavy atom. The van der Waals surface area contributed by atoms with Crippen molar-refractivity contribution in [1.82, 2.24) is 0 Å². The van der Waals surface area contributed by atoms with Gasteiger partial charge in [0.05, 0.1) is 7.11 Å². The van der Waals surface area contributed by atoms with Gasteiger partial charge in [0.1, 0.15) is 0 Å². The van der Waals surface area contributed by atoms with E-state index >= 15 is 0 Å². The van der Waals surface area contributed by atoms with Gasteiger partial charge in [0, 0.05) is 5.57 Å². The maximum absolute atomic E-state index is 5.37. The first-order valence-corrected chi connectivity index (χ1v) is 3.53. The average molecular weight is 149 g/mol. The first-order chi connectivity index (χ1) is 5.36. The van der Waals surface area contributed by atoms with Gasteiger partial charge in [-0.1, -0.05) is 5.73 Å². The summed E-state index contributed by atoms with van der Waals surface area (Å²) in [5.74, 6) is 0.714. The molecule has 0 bridgehead atoms. The molecule has 2 N–H and O–H groups in total. The summed E-state index contributed by atoms with van der Waals surface area (Å²) in [5, 5.41) is 0. The lowest BCUT2D eigenvalue weighted by molar-refractivity contribution is 0.307. The van der Waals surface area contributed by atoms with Crippen LogP contribution in [0.5, 0.6) is 0 Å². The van der Waals surface area contributed by atoms with Crippen LogP contribution in [0.1, 0.15) is 6.42 Å². The van der Waals surface area contributed by atoms with Crippen LogP contribution in [0.15, 0.2) is 34.9 Å². The van der Waals surface area contributed by atoms with Crippen molar-refractivity contribution in [2.75, 3.05) is 13.7 Å². The van der Waals surface area contributed by atoms with Crippen molar-refractivity contribution in [2.45, 2.75) is 6.42 Å². The first-order valence-electron chi connectivity index (χ1n) is 3.53. The minimum atomic E-state index is 0.649. The molecule has 1 aliphatic carbocycles. The van der Waals surface area contributed by atoms with Crippen molar-refractivity contribution in [3.05, 3.63) is 34.9 Å². The van der Waals surface area contributed by atoms with Crippen LogP contribution in [0, 0.1) is 0 Å². The molecule has 0 radical (unpaired) electrons. The van der Waals surface area contributed by atoms with E-state index in [9.17, 15) is 0 Å². The zero-order valence-corrected chi connectivity index (χ0v) is 6.55. The molecule has 0 saturated carbocycles. The highest BCUT2D eigenvalue weighted by Gasteiger charge is 1.94. The van der Waals surface area contributed by atoms with Crippen LogP contribution in [0.4, 0.5) is 0 Å². The summed E-state index contributed by atoms with van der Waals surface area (Å²) in [6, 6.07) is 0. The maximum atomic E-state index is 5.37. The van der Waals surface area contributed by atoms with Gasteiger partial charge >= 0.3 is 0 Å². The largest absolute Gasteiger partial charge is 0.489 e. The van der Waals surface area contributed by atoms with E-state index in [1.165, 1.54) is 0 Å². The van der Waals surface area contributed by atoms with Gasteiger partial charge in [0.2, 0.25) is 0 Å². The zero-order chi connectivity index (χ0) is 8.10. The molecule has 0 heterocycles. The fourth-order valence-corrected chi connectivity index (χ4v) is 0.822. The molecule has 2 nitrogen and oxygen atoms in total. The van der Waals surface area contributed by atoms with Crippen molar-refractivity contribution in [3.63, 3.8) is 0 Å². The summed E-state index contributed by atoms with van der Waals surface area (Å²) in [6.45, 7) is 0.649. The molecule has 0 spiro atoms. The lowest BCUT2D eigenvalue weighted by Gasteiger charge is -1.99. The number of nitrogens with two attached hydrogens (primary N) is 1. The van der Waals surface area contributed by atoms with Gasteiger partial charge in [0.15, 0.2) is 5.76 Å². The lowest BCUT2D eigenvalue weighted by Crippen LogP contribution is -1.99. The molecule has 1 rings (SSSR count). The minimum absolute atomic E-state index is 0.649. The average Bonchev–Trinajstić information content (AvgIpc) is 2.07. The van der Waals surface area contributed by atoms with Crippen molar-refractivity contribution in [3.8, 4) is 0 Å². The summed E-state index contributed by atoms with van der Waals surface area (Å²) >= 11 is 0. The quantitative estimate of drug-likeness (QED) is 0.610. The van der Waals surface area contributed by atoms with Gasteiger partial charge < -0.3 is 10.5 Å². The Bertz CT molecular complexity index is 263. The molecule has 0 aromatic heterocycles. The van der Waals surface area contributed by atoms with Crippen LogP contribution in [0.2, 0.25) is 0 Å². The summed E-state index contributed by atoms with van der Waals surface area (Å²) in [5.41, 5.74) is 12.3. The van der Waals surface area contributed by atoms with Gasteiger partial charge in [-0.2, -0.15) is 0 Å². The summed E-state index contributed by atoms with van der Waals surface area (Å²) in [6.07, 6.45) is 4.66. The standard InChI is InChI=1S/C9H11NO/c1-11-9-4-2-8(3-5-9)6-7-10/h2,4H,6-7,10H2,1H3. The topological polar surface area (TPSA) is 35.2 Å². The molecule has 58 valence electrons. The van der Waals surface area contributed by atoms with Gasteiger partial charge in [-0.15, -0.1) is 0 Å². The monoisotopic (exact) mass is 149 g/mol. The van der Waals surface area contributed by atoms with Gasteiger partial charge in [0.25, 0.3) is 0 Å². The van der Waals surface area contributed by atoms with E-state index in [4.69, 9.17) is 10.5 Å². The fraction of sp³-hybridized carbons (Fsp3) is 0.333. The minimum Gasteiger partial charge on any atom is -0.489 e. The second-order valence-electron chi connectivity index (χ2n) is 2.22. The van der Waals surface area contributed by atoms with E-state index in [1.54, 1.807) is 7.11 Å². The number of allylic oxidation sites excluding steroid dienone is 2. The molecule has 0 saturated heterocycles. The van der Waals surface area contributed by atoms with Crippen molar-refractivity contribution >= 4 is 0 Å². The van der Waals surface area contributed by atoms with E-state index in [-0.39, 0.29) is 0 Å². The fourth-order valence-electron chi connectivity index (χ4n) is 0.822. The Hall–Kier alpha value is -1.20. The Labute approximate surface area is 66.3 Å². The zero-order valence-electron chi connectivity index (χ0n) is 6.55. The highest BCUT2D eigenvalue weighted by atomic mass is 16.5. The first kappa shape index (κ1) is 7.90. The lowest BCUT2D eigenvalue weighted by atomic mass is 10.1. The molecule has 0 unspecified atom stereocenters. The molecule has 1 aliphatic rings. The third-order valence-electron chi connectivity index (χ3n) is 1.42. The predicted molar refractivity (Wildman–Crippen MR) is 43.9 cm³/mol. The van der Waals surface area contributed by atoms with Gasteiger partial charge in [-0.05, 0) is 30.8 Å². The van der Waals surface area contributed by atoms with E-state index in [2.05, 4.69) is 11.5 Å². The second kappa shape index (κ2) is 3.85. The van der Waals surface area contributed by atoms with Crippen molar-refractivity contribution in [1.29, 1.82) is 0 Å². The summed E-state index contributed by atoms with van der Waals surface area (Å²) in [4.78, 5) is 0. The van der Waals surface area contributed by atoms with E-state index < -0.39 is 0 Å². The third kappa shape index (κ3) is 2.14. The molecule has 0 amide bonds. The molecule has 0 fully saturated rings. The number of rotatable bonds is 3. The van der Waals surface area contributed by atoms with Gasteiger partial charge in [-0.3, -0.25) is 0 Å². The van der Waals surface area contributed by atoms with E-state index in [0.717, 1.165) is 12.0 Å². The van der Waals surface area contributed by atoms with Crippen LogP contribution in [-0.2, 0) is 4.74 Å². The predicted octanol–water partition coefficient (Wildman–Crippen LogP) is 1.12. The number of hydrogen-bond acceptors (Lipinski definition) is 2. The molecule has 0 aliphatic heterocycles. The molecule has 0 aromatic carbocycles. The SMILES string of the molecule is COC1=C=C=C(CCN)C=C1. The van der Waals surface area contributed by atoms with Crippen LogP contribution in [0.25, 0.3) is 0 Å². The van der Waals surface area contributed by atoms with Crippen LogP contribution >= 0.6 is 0 Å². The van der Waals surface area contributed by atoms with Crippen LogP contribution < -0.4 is 5.73 Å². The highest BCUT2D eigenvalue weighted by molar-refractivity contribution is 5.29. The Kier molecular flexibility index (Phi) is 2.76. The Morgan fingerprint density at radius 2 is 2.27 bits per heavy atom. The van der Waals surface area contributed by atoms with Crippen molar-refractivity contribution < 1.29 is 4.74 Å². The van der Waals surface area contributed by atoms with Crippen LogP contribution in [0.3, 0.4) is 0 Å². The van der Waals surface area contributed by atoms with Crippen molar-refractivity contribution in [2.24, 2.45) is 5.73 Å². The molecular weight excluding hydrogens is 138 g/mol. The number of ether oxygens (including phenoxy) is 1. The number of hydrogen-bond donors (Lipinski definition) is 1. The molecule has 11 heavy (non-hydrogen) atoms. The maximum Gasteiger partial charge on any atom is 0.169 e. The summed E-state index contributed by atoms with van der Waals surface area (Å²) in [7, 11) is 1.61. The Morgan fingerprint density at radius 3 is 2.73 bits per heavy atom. The highest BCUT2D eigenvalue weighted by Crippen LogP contribution is 2.07. The van der Waals surface area contributed by atoms with E-state index in [1.807, 2.05) is 12.2 Å².